The Balaban J connectivity index is 1.82. The highest BCUT2D eigenvalue weighted by molar-refractivity contribution is 6.33. The lowest BCUT2D eigenvalue weighted by atomic mass is 10.1. The fourth-order valence-electron chi connectivity index (χ4n) is 2.85. The zero-order valence-corrected chi connectivity index (χ0v) is 13.9. The molecule has 3 aromatic carbocycles. The number of aliphatic imine (C=N–C) groups is 1. The Bertz CT molecular complexity index is 991. The molecule has 3 aromatic rings. The number of phenolic OH excluding ortho intramolecular Hbond substituents is 1. The fraction of sp³-hybridized carbons (Fsp3) is 0. The van der Waals surface area contributed by atoms with Gasteiger partial charge < -0.3 is 5.11 Å². The molecule has 26 heavy (non-hydrogen) atoms. The second-order valence-corrected chi connectivity index (χ2v) is 5.90. The lowest BCUT2D eigenvalue weighted by molar-refractivity contribution is -0.113. The van der Waals surface area contributed by atoms with Crippen LogP contribution in [-0.2, 0) is 4.79 Å². The van der Waals surface area contributed by atoms with Gasteiger partial charge in [0.25, 0.3) is 5.91 Å². The summed E-state index contributed by atoms with van der Waals surface area (Å²) < 4.78 is 0. The molecule has 1 aliphatic heterocycles. The van der Waals surface area contributed by atoms with Gasteiger partial charge in [-0.1, -0.05) is 60.7 Å². The molecule has 0 aliphatic carbocycles. The van der Waals surface area contributed by atoms with Gasteiger partial charge in [0.2, 0.25) is 0 Å². The second kappa shape index (κ2) is 6.69. The first-order valence-electron chi connectivity index (χ1n) is 8.27. The van der Waals surface area contributed by atoms with E-state index in [1.807, 2.05) is 60.7 Å². The number of hydrogen-bond acceptors (Lipinski definition) is 3. The van der Waals surface area contributed by atoms with Crippen LogP contribution in [0, 0.1) is 0 Å². The Hall–Kier alpha value is -3.66. The van der Waals surface area contributed by atoms with Crippen LogP contribution < -0.4 is 4.90 Å². The van der Waals surface area contributed by atoms with Crippen molar-refractivity contribution in [2.24, 2.45) is 4.99 Å². The molecule has 4 heteroatoms. The van der Waals surface area contributed by atoms with Crippen molar-refractivity contribution in [1.82, 2.24) is 0 Å². The highest BCUT2D eigenvalue weighted by Crippen LogP contribution is 2.28. The quantitative estimate of drug-likeness (QED) is 0.726. The first kappa shape index (κ1) is 15.8. The van der Waals surface area contributed by atoms with Gasteiger partial charge in [-0.25, -0.2) is 4.99 Å². The summed E-state index contributed by atoms with van der Waals surface area (Å²) in [4.78, 5) is 19.2. The number of benzene rings is 3. The van der Waals surface area contributed by atoms with Crippen molar-refractivity contribution in [2.45, 2.75) is 0 Å². The fourth-order valence-corrected chi connectivity index (χ4v) is 2.85. The lowest BCUT2D eigenvalue weighted by Gasteiger charge is -2.18. The van der Waals surface area contributed by atoms with E-state index in [2.05, 4.69) is 4.99 Å². The number of amidine groups is 1. The molecule has 0 fully saturated rings. The SMILES string of the molecule is O=C1C(=Cc2ccccc2)N=C(c2ccccc2)N1c1ccc(O)cc1. The summed E-state index contributed by atoms with van der Waals surface area (Å²) in [6, 6.07) is 25.8. The minimum absolute atomic E-state index is 0.152. The minimum atomic E-state index is -0.196. The van der Waals surface area contributed by atoms with Gasteiger partial charge in [0.05, 0.1) is 5.69 Å². The second-order valence-electron chi connectivity index (χ2n) is 5.90. The van der Waals surface area contributed by atoms with Crippen LogP contribution in [0.5, 0.6) is 5.75 Å². The molecule has 0 radical (unpaired) electrons. The molecule has 0 saturated heterocycles. The van der Waals surface area contributed by atoms with E-state index in [4.69, 9.17) is 0 Å². The molecule has 126 valence electrons. The van der Waals surface area contributed by atoms with Crippen molar-refractivity contribution in [3.63, 3.8) is 0 Å². The Morgan fingerprint density at radius 3 is 2.08 bits per heavy atom. The normalized spacial score (nSPS) is 15.4. The predicted molar refractivity (Wildman–Crippen MR) is 103 cm³/mol. The molecule has 0 saturated carbocycles. The van der Waals surface area contributed by atoms with Crippen LogP contribution in [0.1, 0.15) is 11.1 Å². The summed E-state index contributed by atoms with van der Waals surface area (Å²) in [6.07, 6.45) is 1.78. The summed E-state index contributed by atoms with van der Waals surface area (Å²) in [5.74, 6) is 0.528. The first-order valence-corrected chi connectivity index (χ1v) is 8.27. The third-order valence-electron chi connectivity index (χ3n) is 4.10. The molecule has 1 amide bonds. The standard InChI is InChI=1S/C22H16N2O2/c25-19-13-11-18(12-14-19)24-21(17-9-5-2-6-10-17)23-20(22(24)26)15-16-7-3-1-4-8-16/h1-15,25H. The maximum Gasteiger partial charge on any atom is 0.282 e. The topological polar surface area (TPSA) is 52.9 Å². The third-order valence-corrected chi connectivity index (χ3v) is 4.10. The molecule has 0 unspecified atom stereocenters. The summed E-state index contributed by atoms with van der Waals surface area (Å²) in [7, 11) is 0. The van der Waals surface area contributed by atoms with Gasteiger partial charge in [-0.2, -0.15) is 0 Å². The Morgan fingerprint density at radius 2 is 1.42 bits per heavy atom. The van der Waals surface area contributed by atoms with E-state index < -0.39 is 0 Å². The molecule has 1 heterocycles. The van der Waals surface area contributed by atoms with Gasteiger partial charge in [0.1, 0.15) is 17.3 Å². The average Bonchev–Trinajstić information content (AvgIpc) is 3.00. The molecule has 0 spiro atoms. The predicted octanol–water partition coefficient (Wildman–Crippen LogP) is 4.23. The van der Waals surface area contributed by atoms with Crippen LogP contribution >= 0.6 is 0 Å². The van der Waals surface area contributed by atoms with Crippen molar-refractivity contribution in [3.8, 4) is 5.75 Å². The Kier molecular flexibility index (Phi) is 4.07. The highest BCUT2D eigenvalue weighted by atomic mass is 16.3. The van der Waals surface area contributed by atoms with Crippen molar-refractivity contribution in [3.05, 3.63) is 102 Å². The van der Waals surface area contributed by atoms with Gasteiger partial charge in [0, 0.05) is 5.56 Å². The average molecular weight is 340 g/mol. The summed E-state index contributed by atoms with van der Waals surface area (Å²) in [5.41, 5.74) is 2.81. The van der Waals surface area contributed by atoms with Gasteiger partial charge >= 0.3 is 0 Å². The van der Waals surface area contributed by atoms with Crippen LogP contribution in [0.15, 0.2) is 95.6 Å². The Morgan fingerprint density at radius 1 is 0.808 bits per heavy atom. The number of amides is 1. The zero-order valence-electron chi connectivity index (χ0n) is 13.9. The van der Waals surface area contributed by atoms with Gasteiger partial charge in [0.15, 0.2) is 0 Å². The zero-order chi connectivity index (χ0) is 17.9. The number of carbonyl (C=O) groups is 1. The van der Waals surface area contributed by atoms with E-state index >= 15 is 0 Å². The van der Waals surface area contributed by atoms with E-state index in [0.29, 0.717) is 17.2 Å². The van der Waals surface area contributed by atoms with E-state index in [1.54, 1.807) is 35.2 Å². The van der Waals surface area contributed by atoms with Gasteiger partial charge in [-0.3, -0.25) is 9.69 Å². The molecule has 0 atom stereocenters. The number of carbonyl (C=O) groups excluding carboxylic acids is 1. The number of nitrogens with zero attached hydrogens (tertiary/aromatic N) is 2. The van der Waals surface area contributed by atoms with Crippen molar-refractivity contribution in [2.75, 3.05) is 4.90 Å². The van der Waals surface area contributed by atoms with Crippen LogP contribution in [0.3, 0.4) is 0 Å². The molecule has 4 rings (SSSR count). The molecular formula is C22H16N2O2. The summed E-state index contributed by atoms with van der Waals surface area (Å²) in [5, 5.41) is 9.55. The van der Waals surface area contributed by atoms with Crippen LogP contribution in [0.2, 0.25) is 0 Å². The largest absolute Gasteiger partial charge is 0.508 e. The van der Waals surface area contributed by atoms with Crippen LogP contribution in [-0.4, -0.2) is 16.8 Å². The van der Waals surface area contributed by atoms with Crippen LogP contribution in [0.25, 0.3) is 6.08 Å². The van der Waals surface area contributed by atoms with Gasteiger partial charge in [-0.15, -0.1) is 0 Å². The van der Waals surface area contributed by atoms with Crippen molar-refractivity contribution >= 4 is 23.5 Å². The Labute approximate surface area is 151 Å². The molecule has 1 N–H and O–H groups in total. The van der Waals surface area contributed by atoms with Gasteiger partial charge in [-0.05, 0) is 35.9 Å². The highest BCUT2D eigenvalue weighted by Gasteiger charge is 2.32. The lowest BCUT2D eigenvalue weighted by Crippen LogP contribution is -2.32. The van der Waals surface area contributed by atoms with E-state index in [1.165, 1.54) is 0 Å². The van der Waals surface area contributed by atoms with E-state index in [9.17, 15) is 9.90 Å². The molecule has 1 aliphatic rings. The summed E-state index contributed by atoms with van der Waals surface area (Å²) in [6.45, 7) is 0. The number of aromatic hydroxyl groups is 1. The van der Waals surface area contributed by atoms with Crippen LogP contribution in [0.4, 0.5) is 5.69 Å². The number of hydrogen-bond donors (Lipinski definition) is 1. The maximum atomic E-state index is 13.1. The van der Waals surface area contributed by atoms with Crippen molar-refractivity contribution in [1.29, 1.82) is 0 Å². The van der Waals surface area contributed by atoms with Crippen molar-refractivity contribution < 1.29 is 9.90 Å². The number of anilines is 1. The molecule has 0 bridgehead atoms. The molecular weight excluding hydrogens is 324 g/mol. The van der Waals surface area contributed by atoms with E-state index in [-0.39, 0.29) is 11.7 Å². The minimum Gasteiger partial charge on any atom is -0.508 e. The maximum absolute atomic E-state index is 13.1. The number of rotatable bonds is 3. The molecule has 4 nitrogen and oxygen atoms in total. The first-order chi connectivity index (χ1) is 12.7. The monoisotopic (exact) mass is 340 g/mol. The number of phenols is 1. The van der Waals surface area contributed by atoms with E-state index in [0.717, 1.165) is 11.1 Å². The third kappa shape index (κ3) is 3.00. The summed E-state index contributed by atoms with van der Waals surface area (Å²) >= 11 is 0. The molecule has 0 aromatic heterocycles. The smallest absolute Gasteiger partial charge is 0.282 e.